The third-order valence-corrected chi connectivity index (χ3v) is 2.32. The fraction of sp³-hybridized carbons (Fsp3) is 0.600. The highest BCUT2D eigenvalue weighted by molar-refractivity contribution is 6.29. The summed E-state index contributed by atoms with van der Waals surface area (Å²) in [6.45, 7) is 4.02. The Morgan fingerprint density at radius 2 is 2.27 bits per heavy atom. The van der Waals surface area contributed by atoms with Crippen molar-refractivity contribution in [1.82, 2.24) is 9.97 Å². The Morgan fingerprint density at radius 3 is 2.80 bits per heavy atom. The molecule has 1 heterocycles. The Kier molecular flexibility index (Phi) is 4.78. The lowest BCUT2D eigenvalue weighted by Crippen LogP contribution is -2.20. The average molecular weight is 230 g/mol. The maximum atomic E-state index is 8.86. The monoisotopic (exact) mass is 229 g/mol. The summed E-state index contributed by atoms with van der Waals surface area (Å²) in [4.78, 5) is 8.19. The molecule has 0 aromatic carbocycles. The standard InChI is InChI=1S/C10H16ClN3O/c1-3-8(4-5-15)14-10-6-9(11)12-7(2)13-10/h6,8,15H,3-5H2,1-2H3,(H,12,13,14). The highest BCUT2D eigenvalue weighted by Gasteiger charge is 2.07. The van der Waals surface area contributed by atoms with E-state index in [1.807, 2.05) is 0 Å². The van der Waals surface area contributed by atoms with Gasteiger partial charge in [0.2, 0.25) is 0 Å². The van der Waals surface area contributed by atoms with Crippen LogP contribution in [0.5, 0.6) is 0 Å². The van der Waals surface area contributed by atoms with Gasteiger partial charge in [-0.2, -0.15) is 0 Å². The number of anilines is 1. The number of hydrogen-bond acceptors (Lipinski definition) is 4. The summed E-state index contributed by atoms with van der Waals surface area (Å²) in [5.41, 5.74) is 0. The highest BCUT2D eigenvalue weighted by atomic mass is 35.5. The molecule has 84 valence electrons. The average Bonchev–Trinajstić information content (AvgIpc) is 2.15. The van der Waals surface area contributed by atoms with Crippen LogP contribution in [0.3, 0.4) is 0 Å². The van der Waals surface area contributed by atoms with Gasteiger partial charge >= 0.3 is 0 Å². The van der Waals surface area contributed by atoms with Gasteiger partial charge in [-0.1, -0.05) is 18.5 Å². The number of rotatable bonds is 5. The fourth-order valence-corrected chi connectivity index (χ4v) is 1.57. The second-order valence-corrected chi connectivity index (χ2v) is 3.77. The molecule has 0 aliphatic carbocycles. The molecule has 15 heavy (non-hydrogen) atoms. The van der Waals surface area contributed by atoms with Gasteiger partial charge in [0.05, 0.1) is 0 Å². The second kappa shape index (κ2) is 5.88. The first-order valence-electron chi connectivity index (χ1n) is 5.04. The van der Waals surface area contributed by atoms with E-state index in [2.05, 4.69) is 22.2 Å². The van der Waals surface area contributed by atoms with E-state index in [1.54, 1.807) is 13.0 Å². The minimum absolute atomic E-state index is 0.170. The molecule has 1 aromatic rings. The molecule has 1 atom stereocenters. The molecule has 0 bridgehead atoms. The van der Waals surface area contributed by atoms with Crippen LogP contribution in [-0.2, 0) is 0 Å². The molecule has 0 spiro atoms. The van der Waals surface area contributed by atoms with E-state index in [-0.39, 0.29) is 12.6 Å². The van der Waals surface area contributed by atoms with Gasteiger partial charge in [-0.25, -0.2) is 9.97 Å². The molecule has 1 rings (SSSR count). The normalized spacial score (nSPS) is 12.5. The number of hydrogen-bond donors (Lipinski definition) is 2. The van der Waals surface area contributed by atoms with E-state index in [0.29, 0.717) is 23.2 Å². The van der Waals surface area contributed by atoms with Gasteiger partial charge in [0, 0.05) is 18.7 Å². The number of nitrogens with zero attached hydrogens (tertiary/aromatic N) is 2. The maximum Gasteiger partial charge on any atom is 0.134 e. The van der Waals surface area contributed by atoms with Gasteiger partial charge in [-0.15, -0.1) is 0 Å². The number of aliphatic hydroxyl groups is 1. The first-order valence-corrected chi connectivity index (χ1v) is 5.42. The van der Waals surface area contributed by atoms with E-state index >= 15 is 0 Å². The SMILES string of the molecule is CCC(CCO)Nc1cc(Cl)nc(C)n1. The molecule has 1 aromatic heterocycles. The van der Waals surface area contributed by atoms with Gasteiger partial charge in [0.15, 0.2) is 0 Å². The molecule has 5 heteroatoms. The molecular weight excluding hydrogens is 214 g/mol. The number of aryl methyl sites for hydroxylation is 1. The summed E-state index contributed by atoms with van der Waals surface area (Å²) in [5, 5.41) is 12.5. The molecule has 0 amide bonds. The van der Waals surface area contributed by atoms with Crippen LogP contribution in [-0.4, -0.2) is 27.7 Å². The predicted molar refractivity (Wildman–Crippen MR) is 61.2 cm³/mol. The summed E-state index contributed by atoms with van der Waals surface area (Å²) in [6, 6.07) is 1.91. The third-order valence-electron chi connectivity index (χ3n) is 2.13. The molecule has 0 aliphatic rings. The molecule has 0 saturated heterocycles. The summed E-state index contributed by atoms with van der Waals surface area (Å²) >= 11 is 5.81. The Bertz CT molecular complexity index is 299. The Labute approximate surface area is 94.7 Å². The Morgan fingerprint density at radius 1 is 1.53 bits per heavy atom. The van der Waals surface area contributed by atoms with Crippen LogP contribution in [0, 0.1) is 6.92 Å². The van der Waals surface area contributed by atoms with Crippen molar-refractivity contribution in [3.8, 4) is 0 Å². The van der Waals surface area contributed by atoms with Crippen LogP contribution in [0.2, 0.25) is 5.15 Å². The van der Waals surface area contributed by atoms with Crippen molar-refractivity contribution >= 4 is 17.4 Å². The smallest absolute Gasteiger partial charge is 0.134 e. The van der Waals surface area contributed by atoms with Crippen LogP contribution in [0.1, 0.15) is 25.6 Å². The lowest BCUT2D eigenvalue weighted by Gasteiger charge is -2.16. The summed E-state index contributed by atoms with van der Waals surface area (Å²) in [6.07, 6.45) is 1.64. The summed E-state index contributed by atoms with van der Waals surface area (Å²) in [5.74, 6) is 1.36. The van der Waals surface area contributed by atoms with Crippen LogP contribution < -0.4 is 5.32 Å². The highest BCUT2D eigenvalue weighted by Crippen LogP contribution is 2.13. The van der Waals surface area contributed by atoms with Crippen LogP contribution in [0.25, 0.3) is 0 Å². The molecule has 0 aliphatic heterocycles. The fourth-order valence-electron chi connectivity index (χ4n) is 1.35. The predicted octanol–water partition coefficient (Wildman–Crippen LogP) is 2.01. The van der Waals surface area contributed by atoms with E-state index in [9.17, 15) is 0 Å². The first kappa shape index (κ1) is 12.2. The van der Waals surface area contributed by atoms with E-state index in [4.69, 9.17) is 16.7 Å². The number of aliphatic hydroxyl groups excluding tert-OH is 1. The molecule has 0 saturated carbocycles. The molecular formula is C10H16ClN3O. The number of nitrogens with one attached hydrogen (secondary N) is 1. The maximum absolute atomic E-state index is 8.86. The number of halogens is 1. The first-order chi connectivity index (χ1) is 7.15. The quantitative estimate of drug-likeness (QED) is 0.759. The van der Waals surface area contributed by atoms with Crippen LogP contribution in [0.4, 0.5) is 5.82 Å². The molecule has 4 nitrogen and oxygen atoms in total. The van der Waals surface area contributed by atoms with Gasteiger partial charge in [-0.3, -0.25) is 0 Å². The Hall–Kier alpha value is -0.870. The zero-order valence-electron chi connectivity index (χ0n) is 9.00. The van der Waals surface area contributed by atoms with Crippen molar-refractivity contribution in [2.45, 2.75) is 32.7 Å². The molecule has 2 N–H and O–H groups in total. The van der Waals surface area contributed by atoms with Crippen molar-refractivity contribution in [3.63, 3.8) is 0 Å². The van der Waals surface area contributed by atoms with Crippen molar-refractivity contribution in [1.29, 1.82) is 0 Å². The van der Waals surface area contributed by atoms with Crippen molar-refractivity contribution in [2.24, 2.45) is 0 Å². The van der Waals surface area contributed by atoms with Crippen molar-refractivity contribution in [3.05, 3.63) is 17.0 Å². The van der Waals surface area contributed by atoms with Gasteiger partial charge in [-0.05, 0) is 19.8 Å². The lowest BCUT2D eigenvalue weighted by molar-refractivity contribution is 0.278. The van der Waals surface area contributed by atoms with Gasteiger partial charge in [0.25, 0.3) is 0 Å². The zero-order valence-corrected chi connectivity index (χ0v) is 9.75. The van der Waals surface area contributed by atoms with E-state index < -0.39 is 0 Å². The summed E-state index contributed by atoms with van der Waals surface area (Å²) < 4.78 is 0. The molecule has 1 unspecified atom stereocenters. The van der Waals surface area contributed by atoms with Crippen LogP contribution in [0.15, 0.2) is 6.07 Å². The van der Waals surface area contributed by atoms with Gasteiger partial charge in [0.1, 0.15) is 16.8 Å². The zero-order chi connectivity index (χ0) is 11.3. The largest absolute Gasteiger partial charge is 0.396 e. The van der Waals surface area contributed by atoms with Gasteiger partial charge < -0.3 is 10.4 Å². The van der Waals surface area contributed by atoms with Crippen molar-refractivity contribution in [2.75, 3.05) is 11.9 Å². The lowest BCUT2D eigenvalue weighted by atomic mass is 10.1. The Balaban J connectivity index is 2.69. The molecule has 0 radical (unpaired) electrons. The van der Waals surface area contributed by atoms with E-state index in [0.717, 1.165) is 6.42 Å². The second-order valence-electron chi connectivity index (χ2n) is 3.38. The van der Waals surface area contributed by atoms with Crippen LogP contribution >= 0.6 is 11.6 Å². The third kappa shape index (κ3) is 4.01. The summed E-state index contributed by atoms with van der Waals surface area (Å²) in [7, 11) is 0. The minimum atomic E-state index is 0.170. The molecule has 0 fully saturated rings. The topological polar surface area (TPSA) is 58.0 Å². The van der Waals surface area contributed by atoms with Crippen molar-refractivity contribution < 1.29 is 5.11 Å². The minimum Gasteiger partial charge on any atom is -0.396 e. The number of aromatic nitrogens is 2. The van der Waals surface area contributed by atoms with E-state index in [1.165, 1.54) is 0 Å².